The number of allylic oxidation sites excluding steroid dienone is 1. The van der Waals surface area contributed by atoms with Gasteiger partial charge in [-0.05, 0) is 46.4 Å². The first-order valence-electron chi connectivity index (χ1n) is 9.14. The Hall–Kier alpha value is -2.67. The fraction of sp³-hybridized carbons (Fsp3) is 0.0833. The van der Waals surface area contributed by atoms with E-state index in [-0.39, 0.29) is 0 Å². The third-order valence-electron chi connectivity index (χ3n) is 5.32. The predicted octanol–water partition coefficient (Wildman–Crippen LogP) is 5.89. The zero-order chi connectivity index (χ0) is 18.3. The van der Waals surface area contributed by atoms with Crippen molar-refractivity contribution in [1.29, 1.82) is 0 Å². The first kappa shape index (κ1) is 16.5. The molecule has 0 unspecified atom stereocenters. The fourth-order valence-electron chi connectivity index (χ4n) is 3.95. The van der Waals surface area contributed by atoms with E-state index in [0.29, 0.717) is 6.61 Å². The first-order valence-corrected chi connectivity index (χ1v) is 10.8. The van der Waals surface area contributed by atoms with Gasteiger partial charge in [-0.3, -0.25) is 4.57 Å². The van der Waals surface area contributed by atoms with E-state index < -0.39 is 7.37 Å². The highest BCUT2D eigenvalue weighted by atomic mass is 31.2. The van der Waals surface area contributed by atoms with Gasteiger partial charge in [0, 0.05) is 5.30 Å². The molecule has 3 aromatic carbocycles. The number of hydrogen-bond donors (Lipinski definition) is 0. The second kappa shape index (κ2) is 6.49. The van der Waals surface area contributed by atoms with Crippen LogP contribution in [0.15, 0.2) is 102 Å². The van der Waals surface area contributed by atoms with Crippen molar-refractivity contribution in [3.8, 4) is 0 Å². The van der Waals surface area contributed by atoms with Gasteiger partial charge in [0.25, 0.3) is 7.37 Å². The van der Waals surface area contributed by atoms with Crippen LogP contribution in [-0.2, 0) is 9.09 Å². The van der Waals surface area contributed by atoms with Gasteiger partial charge in [-0.15, -0.1) is 0 Å². The molecule has 1 aliphatic carbocycles. The molecule has 0 amide bonds. The molecule has 5 rings (SSSR count). The maximum Gasteiger partial charge on any atom is 0.262 e. The summed E-state index contributed by atoms with van der Waals surface area (Å²) in [7, 11) is -3.11. The van der Waals surface area contributed by atoms with Crippen molar-refractivity contribution in [2.75, 3.05) is 6.61 Å². The van der Waals surface area contributed by atoms with Gasteiger partial charge in [-0.1, -0.05) is 78.9 Å². The molecule has 2 aliphatic rings. The van der Waals surface area contributed by atoms with Crippen LogP contribution in [0.3, 0.4) is 0 Å². The zero-order valence-corrected chi connectivity index (χ0v) is 15.7. The van der Waals surface area contributed by atoms with Crippen LogP contribution in [0.5, 0.6) is 0 Å². The molecule has 0 aromatic heterocycles. The van der Waals surface area contributed by atoms with Gasteiger partial charge in [0.15, 0.2) is 0 Å². The standard InChI is InChI=1S/C24H19O2P/c25-27(20-14-8-3-9-15-20)24(19-12-6-2-7-13-19)22-16-21(23(22)17-26-27)18-10-4-1-5-11-18/h1-15H,16-17H2/t27-/m0/s1. The molecule has 27 heavy (non-hydrogen) atoms. The Balaban J connectivity index is 1.72. The minimum Gasteiger partial charge on any atom is -0.317 e. The molecule has 0 spiro atoms. The Morgan fingerprint density at radius 3 is 1.81 bits per heavy atom. The van der Waals surface area contributed by atoms with Crippen molar-refractivity contribution in [1.82, 2.24) is 0 Å². The molecule has 1 atom stereocenters. The highest BCUT2D eigenvalue weighted by Crippen LogP contribution is 2.66. The topological polar surface area (TPSA) is 26.3 Å². The molecule has 3 heteroatoms. The van der Waals surface area contributed by atoms with Crippen LogP contribution in [0.4, 0.5) is 0 Å². The maximum atomic E-state index is 14.1. The summed E-state index contributed by atoms with van der Waals surface area (Å²) in [5.74, 6) is 0. The second-order valence-corrected chi connectivity index (χ2v) is 9.18. The number of hydrogen-bond acceptors (Lipinski definition) is 2. The van der Waals surface area contributed by atoms with Crippen molar-refractivity contribution in [2.24, 2.45) is 0 Å². The molecule has 132 valence electrons. The number of fused-ring (bicyclic) bond motifs is 1. The lowest BCUT2D eigenvalue weighted by atomic mass is 9.78. The highest BCUT2D eigenvalue weighted by molar-refractivity contribution is 7.77. The van der Waals surface area contributed by atoms with Crippen LogP contribution < -0.4 is 5.30 Å². The Morgan fingerprint density at radius 2 is 1.19 bits per heavy atom. The molecule has 0 bridgehead atoms. The minimum absolute atomic E-state index is 0.405. The van der Waals surface area contributed by atoms with E-state index in [1.165, 1.54) is 22.3 Å². The quantitative estimate of drug-likeness (QED) is 0.538. The molecule has 0 saturated heterocycles. The molecule has 0 saturated carbocycles. The van der Waals surface area contributed by atoms with Gasteiger partial charge in [0.05, 0.1) is 11.9 Å². The highest BCUT2D eigenvalue weighted by Gasteiger charge is 2.43. The van der Waals surface area contributed by atoms with Crippen LogP contribution in [0.2, 0.25) is 0 Å². The Labute approximate surface area is 159 Å². The SMILES string of the molecule is O=[P@@]1(c2ccccc2)OCC2=C(c3ccccc3)CC2=C1c1ccccc1. The molecule has 0 radical (unpaired) electrons. The Bertz CT molecular complexity index is 1100. The molecular formula is C24H19O2P. The third kappa shape index (κ3) is 2.65. The van der Waals surface area contributed by atoms with Crippen LogP contribution in [0.1, 0.15) is 17.5 Å². The van der Waals surface area contributed by atoms with Gasteiger partial charge >= 0.3 is 0 Å². The van der Waals surface area contributed by atoms with Crippen molar-refractivity contribution in [3.05, 3.63) is 113 Å². The summed E-state index contributed by atoms with van der Waals surface area (Å²) in [6, 6.07) is 30.1. The first-order chi connectivity index (χ1) is 13.3. The summed E-state index contributed by atoms with van der Waals surface area (Å²) in [4.78, 5) is 0. The zero-order valence-electron chi connectivity index (χ0n) is 14.8. The minimum atomic E-state index is -3.11. The van der Waals surface area contributed by atoms with E-state index in [0.717, 1.165) is 22.6 Å². The molecule has 3 aromatic rings. The van der Waals surface area contributed by atoms with E-state index in [1.54, 1.807) is 0 Å². The van der Waals surface area contributed by atoms with Crippen molar-refractivity contribution in [3.63, 3.8) is 0 Å². The molecule has 2 nitrogen and oxygen atoms in total. The smallest absolute Gasteiger partial charge is 0.262 e. The lowest BCUT2D eigenvalue weighted by Gasteiger charge is -2.38. The number of benzene rings is 3. The summed E-state index contributed by atoms with van der Waals surface area (Å²) < 4.78 is 20.2. The summed E-state index contributed by atoms with van der Waals surface area (Å²) in [6.07, 6.45) is 0.837. The normalized spacial score (nSPS) is 21.6. The largest absolute Gasteiger partial charge is 0.317 e. The van der Waals surface area contributed by atoms with Crippen LogP contribution in [0.25, 0.3) is 10.9 Å². The second-order valence-electron chi connectivity index (χ2n) is 6.85. The van der Waals surface area contributed by atoms with E-state index in [4.69, 9.17) is 4.52 Å². The molecular weight excluding hydrogens is 351 g/mol. The third-order valence-corrected chi connectivity index (χ3v) is 7.91. The van der Waals surface area contributed by atoms with E-state index in [9.17, 15) is 4.57 Å². The fourth-order valence-corrected chi connectivity index (χ4v) is 6.42. The average Bonchev–Trinajstić information content (AvgIpc) is 2.72. The monoisotopic (exact) mass is 370 g/mol. The predicted molar refractivity (Wildman–Crippen MR) is 111 cm³/mol. The van der Waals surface area contributed by atoms with Crippen molar-refractivity contribution in [2.45, 2.75) is 6.42 Å². The Morgan fingerprint density at radius 1 is 0.630 bits per heavy atom. The van der Waals surface area contributed by atoms with Crippen LogP contribution in [0, 0.1) is 0 Å². The lowest BCUT2D eigenvalue weighted by molar-refractivity contribution is 0.354. The summed E-state index contributed by atoms with van der Waals surface area (Å²) in [5, 5.41) is 1.64. The summed E-state index contributed by atoms with van der Waals surface area (Å²) in [5.41, 5.74) is 5.91. The number of rotatable bonds is 3. The summed E-state index contributed by atoms with van der Waals surface area (Å²) >= 11 is 0. The van der Waals surface area contributed by atoms with E-state index in [1.807, 2.05) is 66.7 Å². The lowest BCUT2D eigenvalue weighted by Crippen LogP contribution is -2.23. The van der Waals surface area contributed by atoms with Crippen molar-refractivity contribution >= 4 is 23.6 Å². The summed E-state index contributed by atoms with van der Waals surface area (Å²) in [6.45, 7) is 0.405. The molecule has 0 fully saturated rings. The molecule has 1 aliphatic heterocycles. The molecule has 0 N–H and O–H groups in total. The molecule has 1 heterocycles. The van der Waals surface area contributed by atoms with Gasteiger partial charge < -0.3 is 4.52 Å². The van der Waals surface area contributed by atoms with Gasteiger partial charge in [-0.25, -0.2) is 0 Å². The average molecular weight is 370 g/mol. The van der Waals surface area contributed by atoms with Crippen LogP contribution >= 0.6 is 7.37 Å². The maximum absolute atomic E-state index is 14.1. The van der Waals surface area contributed by atoms with E-state index >= 15 is 0 Å². The van der Waals surface area contributed by atoms with Gasteiger partial charge in [-0.2, -0.15) is 0 Å². The van der Waals surface area contributed by atoms with Crippen LogP contribution in [-0.4, -0.2) is 6.61 Å². The van der Waals surface area contributed by atoms with Gasteiger partial charge in [0.1, 0.15) is 0 Å². The van der Waals surface area contributed by atoms with Gasteiger partial charge in [0.2, 0.25) is 0 Å². The Kier molecular flexibility index (Phi) is 3.97. The van der Waals surface area contributed by atoms with Crippen molar-refractivity contribution < 1.29 is 9.09 Å². The van der Waals surface area contributed by atoms with E-state index in [2.05, 4.69) is 24.3 Å².